The lowest BCUT2D eigenvalue weighted by atomic mass is 9.79. The van der Waals surface area contributed by atoms with Crippen LogP contribution in [0.1, 0.15) is 27.2 Å². The Kier molecular flexibility index (Phi) is 2.51. The van der Waals surface area contributed by atoms with E-state index in [0.29, 0.717) is 11.8 Å². The quantitative estimate of drug-likeness (QED) is 0.544. The van der Waals surface area contributed by atoms with E-state index in [2.05, 4.69) is 20.4 Å². The summed E-state index contributed by atoms with van der Waals surface area (Å²) in [6.07, 6.45) is 3.01. The fourth-order valence-electron chi connectivity index (χ4n) is 1.63. The molecule has 0 aromatic rings. The lowest BCUT2D eigenvalue weighted by molar-refractivity contribution is -0.113. The van der Waals surface area contributed by atoms with Gasteiger partial charge in [0.1, 0.15) is 0 Å². The van der Waals surface area contributed by atoms with E-state index in [4.69, 9.17) is 0 Å². The molecule has 1 aliphatic carbocycles. The molecule has 0 radical (unpaired) electrons. The van der Waals surface area contributed by atoms with Gasteiger partial charge in [0.05, 0.1) is 0 Å². The zero-order valence-corrected chi connectivity index (χ0v) is 8.05. The number of rotatable bonds is 1. The Balaban J connectivity index is 2.88. The SMILES string of the molecule is C=C1C(=O)C(C)=CC[C@H]1C(C)C. The average molecular weight is 164 g/mol. The third-order valence-corrected chi connectivity index (χ3v) is 2.58. The molecule has 0 fully saturated rings. The first-order valence-corrected chi connectivity index (χ1v) is 4.44. The molecule has 1 heteroatoms. The third-order valence-electron chi connectivity index (χ3n) is 2.58. The van der Waals surface area contributed by atoms with Gasteiger partial charge in [-0.1, -0.05) is 26.5 Å². The Morgan fingerprint density at radius 1 is 1.58 bits per heavy atom. The van der Waals surface area contributed by atoms with Gasteiger partial charge in [-0.3, -0.25) is 4.79 Å². The Morgan fingerprint density at radius 3 is 2.67 bits per heavy atom. The number of hydrogen-bond donors (Lipinski definition) is 0. The first-order chi connectivity index (χ1) is 5.54. The minimum atomic E-state index is 0.153. The second-order valence-electron chi connectivity index (χ2n) is 3.83. The first kappa shape index (κ1) is 9.24. The van der Waals surface area contributed by atoms with Gasteiger partial charge >= 0.3 is 0 Å². The second kappa shape index (κ2) is 3.26. The van der Waals surface area contributed by atoms with Gasteiger partial charge < -0.3 is 0 Å². The van der Waals surface area contributed by atoms with E-state index in [1.165, 1.54) is 0 Å². The maximum Gasteiger partial charge on any atom is 0.184 e. The van der Waals surface area contributed by atoms with Crippen LogP contribution in [0.2, 0.25) is 0 Å². The summed E-state index contributed by atoms with van der Waals surface area (Å²) in [6.45, 7) is 10.00. The summed E-state index contributed by atoms with van der Waals surface area (Å²) in [5.41, 5.74) is 1.65. The van der Waals surface area contributed by atoms with Crippen molar-refractivity contribution in [3.05, 3.63) is 23.8 Å². The summed E-state index contributed by atoms with van der Waals surface area (Å²) in [6, 6.07) is 0. The molecule has 0 saturated carbocycles. The predicted octanol–water partition coefficient (Wildman–Crippen LogP) is 2.73. The monoisotopic (exact) mass is 164 g/mol. The summed E-state index contributed by atoms with van der Waals surface area (Å²) in [5, 5.41) is 0. The summed E-state index contributed by atoms with van der Waals surface area (Å²) in [4.78, 5) is 11.5. The molecular formula is C11H16O. The Morgan fingerprint density at radius 2 is 2.17 bits per heavy atom. The summed E-state index contributed by atoms with van der Waals surface area (Å²) >= 11 is 0. The van der Waals surface area contributed by atoms with Crippen molar-refractivity contribution in [1.29, 1.82) is 0 Å². The van der Waals surface area contributed by atoms with Gasteiger partial charge in [-0.2, -0.15) is 0 Å². The van der Waals surface area contributed by atoms with Gasteiger partial charge in [-0.05, 0) is 36.3 Å². The van der Waals surface area contributed by atoms with Crippen molar-refractivity contribution in [3.8, 4) is 0 Å². The van der Waals surface area contributed by atoms with Gasteiger partial charge in [-0.25, -0.2) is 0 Å². The number of carbonyl (C=O) groups is 1. The molecule has 1 aliphatic rings. The molecule has 0 N–H and O–H groups in total. The summed E-state index contributed by atoms with van der Waals surface area (Å²) in [7, 11) is 0. The Labute approximate surface area is 74.2 Å². The average Bonchev–Trinajstić information content (AvgIpc) is 2.00. The smallest absolute Gasteiger partial charge is 0.184 e. The van der Waals surface area contributed by atoms with Crippen LogP contribution in [0.15, 0.2) is 23.8 Å². The van der Waals surface area contributed by atoms with Crippen LogP contribution >= 0.6 is 0 Å². The van der Waals surface area contributed by atoms with Crippen LogP contribution in [0.4, 0.5) is 0 Å². The third kappa shape index (κ3) is 1.50. The highest BCUT2D eigenvalue weighted by molar-refractivity contribution is 6.08. The number of carbonyl (C=O) groups excluding carboxylic acids is 1. The molecule has 0 aromatic carbocycles. The topological polar surface area (TPSA) is 17.1 Å². The molecule has 0 amide bonds. The van der Waals surface area contributed by atoms with E-state index in [1.807, 2.05) is 13.0 Å². The normalized spacial score (nSPS) is 24.7. The molecule has 0 unspecified atom stereocenters. The van der Waals surface area contributed by atoms with E-state index in [1.54, 1.807) is 0 Å². The molecule has 0 heterocycles. The van der Waals surface area contributed by atoms with Crippen molar-refractivity contribution in [2.45, 2.75) is 27.2 Å². The number of allylic oxidation sites excluding steroid dienone is 3. The predicted molar refractivity (Wildman–Crippen MR) is 50.8 cm³/mol. The number of ketones is 1. The van der Waals surface area contributed by atoms with Gasteiger partial charge in [0.15, 0.2) is 5.78 Å². The largest absolute Gasteiger partial charge is 0.289 e. The van der Waals surface area contributed by atoms with Crippen LogP contribution in [-0.2, 0) is 4.79 Å². The highest BCUT2D eigenvalue weighted by atomic mass is 16.1. The van der Waals surface area contributed by atoms with Crippen molar-refractivity contribution >= 4 is 5.78 Å². The van der Waals surface area contributed by atoms with Crippen LogP contribution in [0.5, 0.6) is 0 Å². The molecule has 12 heavy (non-hydrogen) atoms. The standard InChI is InChI=1S/C11H16O/c1-7(2)10-6-5-8(3)11(12)9(10)4/h5,7,10H,4,6H2,1-3H3/t10-/m0/s1. The summed E-state index contributed by atoms with van der Waals surface area (Å²) in [5.74, 6) is 1.03. The number of Topliss-reactive ketones (excluding diaryl/α,β-unsaturated/α-hetero) is 1. The van der Waals surface area contributed by atoms with E-state index in [-0.39, 0.29) is 5.78 Å². The van der Waals surface area contributed by atoms with Crippen LogP contribution in [-0.4, -0.2) is 5.78 Å². The van der Waals surface area contributed by atoms with Gasteiger partial charge in [0, 0.05) is 0 Å². The van der Waals surface area contributed by atoms with Crippen LogP contribution in [0.3, 0.4) is 0 Å². The van der Waals surface area contributed by atoms with Crippen molar-refractivity contribution in [3.63, 3.8) is 0 Å². The van der Waals surface area contributed by atoms with Crippen molar-refractivity contribution in [2.75, 3.05) is 0 Å². The maximum atomic E-state index is 11.5. The van der Waals surface area contributed by atoms with Crippen molar-refractivity contribution in [2.24, 2.45) is 11.8 Å². The molecule has 0 spiro atoms. The van der Waals surface area contributed by atoms with Crippen LogP contribution in [0, 0.1) is 11.8 Å². The van der Waals surface area contributed by atoms with Crippen LogP contribution in [0.25, 0.3) is 0 Å². The Bertz CT molecular complexity index is 246. The Hall–Kier alpha value is -0.850. The molecule has 0 saturated heterocycles. The zero-order valence-electron chi connectivity index (χ0n) is 8.05. The van der Waals surface area contributed by atoms with Gasteiger partial charge in [0.25, 0.3) is 0 Å². The molecular weight excluding hydrogens is 148 g/mol. The molecule has 0 aromatic heterocycles. The maximum absolute atomic E-state index is 11.5. The van der Waals surface area contributed by atoms with Gasteiger partial charge in [-0.15, -0.1) is 0 Å². The lowest BCUT2D eigenvalue weighted by Crippen LogP contribution is -2.21. The number of hydrogen-bond acceptors (Lipinski definition) is 1. The second-order valence-corrected chi connectivity index (χ2v) is 3.83. The van der Waals surface area contributed by atoms with E-state index in [0.717, 1.165) is 17.6 Å². The van der Waals surface area contributed by atoms with E-state index < -0.39 is 0 Å². The molecule has 1 nitrogen and oxygen atoms in total. The zero-order chi connectivity index (χ0) is 9.30. The lowest BCUT2D eigenvalue weighted by Gasteiger charge is -2.25. The highest BCUT2D eigenvalue weighted by Gasteiger charge is 2.25. The first-order valence-electron chi connectivity index (χ1n) is 4.44. The van der Waals surface area contributed by atoms with Crippen LogP contribution < -0.4 is 0 Å². The molecule has 0 bridgehead atoms. The minimum absolute atomic E-state index is 0.153. The fraction of sp³-hybridized carbons (Fsp3) is 0.545. The molecule has 1 atom stereocenters. The fourth-order valence-corrected chi connectivity index (χ4v) is 1.63. The highest BCUT2D eigenvalue weighted by Crippen LogP contribution is 2.30. The molecule has 0 aliphatic heterocycles. The van der Waals surface area contributed by atoms with E-state index in [9.17, 15) is 4.79 Å². The van der Waals surface area contributed by atoms with Crippen molar-refractivity contribution < 1.29 is 4.79 Å². The van der Waals surface area contributed by atoms with Crippen molar-refractivity contribution in [1.82, 2.24) is 0 Å². The minimum Gasteiger partial charge on any atom is -0.289 e. The molecule has 1 rings (SSSR count). The van der Waals surface area contributed by atoms with E-state index >= 15 is 0 Å². The van der Waals surface area contributed by atoms with Gasteiger partial charge in [0.2, 0.25) is 0 Å². The molecule has 66 valence electrons. The summed E-state index contributed by atoms with van der Waals surface area (Å²) < 4.78 is 0.